The van der Waals surface area contributed by atoms with Gasteiger partial charge in [0.2, 0.25) is 10.0 Å². The van der Waals surface area contributed by atoms with Gasteiger partial charge in [0.1, 0.15) is 10.9 Å². The lowest BCUT2D eigenvalue weighted by atomic mass is 10.2. The Balaban J connectivity index is 2.31. The number of hydrogen-bond donors (Lipinski definition) is 2. The van der Waals surface area contributed by atoms with Gasteiger partial charge in [0, 0.05) is 32.1 Å². The molecule has 0 amide bonds. The molecule has 10 heteroatoms. The van der Waals surface area contributed by atoms with Gasteiger partial charge in [-0.25, -0.2) is 8.42 Å². The van der Waals surface area contributed by atoms with E-state index in [0.717, 1.165) is 6.20 Å². The fourth-order valence-electron chi connectivity index (χ4n) is 1.61. The number of nitrogens with zero attached hydrogens (tertiary/aromatic N) is 4. The number of aryl methyl sites for hydroxylation is 2. The predicted molar refractivity (Wildman–Crippen MR) is 67.1 cm³/mol. The Labute approximate surface area is 114 Å². The Morgan fingerprint density at radius 3 is 2.30 bits per heavy atom. The number of carbonyl (C=O) groups is 1. The van der Waals surface area contributed by atoms with Crippen LogP contribution in [-0.2, 0) is 28.9 Å². The van der Waals surface area contributed by atoms with Crippen LogP contribution in [0.25, 0.3) is 0 Å². The molecule has 0 saturated carbocycles. The lowest BCUT2D eigenvalue weighted by Crippen LogP contribution is -2.33. The van der Waals surface area contributed by atoms with Crippen molar-refractivity contribution in [3.05, 3.63) is 30.4 Å². The average molecular weight is 299 g/mol. The van der Waals surface area contributed by atoms with Crippen molar-refractivity contribution in [2.75, 3.05) is 0 Å². The second-order valence-electron chi connectivity index (χ2n) is 4.19. The summed E-state index contributed by atoms with van der Waals surface area (Å²) in [7, 11) is -0.800. The number of carboxylic acid groups (broad SMARTS) is 1. The molecule has 0 aliphatic heterocycles. The zero-order valence-corrected chi connectivity index (χ0v) is 11.6. The van der Waals surface area contributed by atoms with Crippen molar-refractivity contribution in [3.63, 3.8) is 0 Å². The SMILES string of the molecule is Cn1cc(C(NS(=O)(=O)c2cnn(C)c2)C(=O)O)cn1. The number of sulfonamides is 1. The number of carboxylic acids is 1. The van der Waals surface area contributed by atoms with E-state index in [9.17, 15) is 13.2 Å². The zero-order valence-electron chi connectivity index (χ0n) is 10.8. The smallest absolute Gasteiger partial charge is 0.326 e. The first-order valence-electron chi connectivity index (χ1n) is 5.52. The van der Waals surface area contributed by atoms with E-state index in [1.807, 2.05) is 0 Å². The summed E-state index contributed by atoms with van der Waals surface area (Å²) in [4.78, 5) is 11.1. The summed E-state index contributed by atoms with van der Waals surface area (Å²) in [6.45, 7) is 0. The van der Waals surface area contributed by atoms with E-state index in [4.69, 9.17) is 5.11 Å². The fourth-order valence-corrected chi connectivity index (χ4v) is 2.77. The molecule has 20 heavy (non-hydrogen) atoms. The average Bonchev–Trinajstić information content (AvgIpc) is 2.95. The molecule has 0 bridgehead atoms. The van der Waals surface area contributed by atoms with Gasteiger partial charge >= 0.3 is 5.97 Å². The summed E-state index contributed by atoms with van der Waals surface area (Å²) in [5, 5.41) is 16.7. The van der Waals surface area contributed by atoms with Crippen molar-refractivity contribution in [1.82, 2.24) is 24.3 Å². The molecule has 2 rings (SSSR count). The summed E-state index contributed by atoms with van der Waals surface area (Å²) in [6, 6.07) is -1.41. The molecule has 1 atom stereocenters. The predicted octanol–water partition coefficient (Wildman–Crippen LogP) is -0.742. The molecule has 2 aromatic rings. The number of aromatic nitrogens is 4. The third-order valence-corrected chi connectivity index (χ3v) is 3.95. The summed E-state index contributed by atoms with van der Waals surface area (Å²) in [5.41, 5.74) is 0.243. The number of rotatable bonds is 5. The molecule has 0 spiro atoms. The van der Waals surface area contributed by atoms with E-state index in [2.05, 4.69) is 14.9 Å². The van der Waals surface area contributed by atoms with Crippen molar-refractivity contribution >= 4 is 16.0 Å². The molecular formula is C10H13N5O4S. The first-order chi connectivity index (χ1) is 9.29. The largest absolute Gasteiger partial charge is 0.480 e. The quantitative estimate of drug-likeness (QED) is 0.750. The molecule has 108 valence electrons. The van der Waals surface area contributed by atoms with Crippen molar-refractivity contribution in [2.24, 2.45) is 14.1 Å². The van der Waals surface area contributed by atoms with Gasteiger partial charge in [-0.15, -0.1) is 0 Å². The van der Waals surface area contributed by atoms with Crippen molar-refractivity contribution in [1.29, 1.82) is 0 Å². The van der Waals surface area contributed by atoms with Gasteiger partial charge < -0.3 is 5.11 Å². The molecule has 0 aliphatic rings. The fraction of sp³-hybridized carbons (Fsp3) is 0.300. The second kappa shape index (κ2) is 5.06. The Bertz CT molecular complexity index is 732. The van der Waals surface area contributed by atoms with Crippen molar-refractivity contribution < 1.29 is 18.3 Å². The van der Waals surface area contributed by atoms with Gasteiger partial charge in [-0.05, 0) is 0 Å². The maximum Gasteiger partial charge on any atom is 0.326 e. The zero-order chi connectivity index (χ0) is 14.9. The van der Waals surface area contributed by atoms with E-state index in [0.29, 0.717) is 0 Å². The van der Waals surface area contributed by atoms with Gasteiger partial charge in [-0.3, -0.25) is 14.2 Å². The van der Waals surface area contributed by atoms with Crippen LogP contribution in [0.2, 0.25) is 0 Å². The first-order valence-corrected chi connectivity index (χ1v) is 7.00. The molecule has 1 unspecified atom stereocenters. The third kappa shape index (κ3) is 2.86. The van der Waals surface area contributed by atoms with Gasteiger partial charge in [-0.2, -0.15) is 14.9 Å². The van der Waals surface area contributed by atoms with Gasteiger partial charge in [0.15, 0.2) is 0 Å². The Morgan fingerprint density at radius 2 is 1.85 bits per heavy atom. The topological polar surface area (TPSA) is 119 Å². The molecule has 0 radical (unpaired) electrons. The normalized spacial score (nSPS) is 13.3. The maximum absolute atomic E-state index is 12.1. The molecule has 0 saturated heterocycles. The van der Waals surface area contributed by atoms with Crippen LogP contribution in [0.3, 0.4) is 0 Å². The summed E-state index contributed by atoms with van der Waals surface area (Å²) < 4.78 is 29.0. The van der Waals surface area contributed by atoms with E-state index in [1.54, 1.807) is 14.1 Å². The minimum Gasteiger partial charge on any atom is -0.480 e. The Morgan fingerprint density at radius 1 is 1.25 bits per heavy atom. The van der Waals surface area contributed by atoms with E-state index < -0.39 is 22.0 Å². The van der Waals surface area contributed by atoms with E-state index in [1.165, 1.54) is 28.0 Å². The lowest BCUT2D eigenvalue weighted by molar-refractivity contribution is -0.139. The van der Waals surface area contributed by atoms with Crippen LogP contribution in [-0.4, -0.2) is 39.1 Å². The van der Waals surface area contributed by atoms with E-state index >= 15 is 0 Å². The van der Waals surface area contributed by atoms with Gasteiger partial charge in [0.25, 0.3) is 0 Å². The van der Waals surface area contributed by atoms with Crippen LogP contribution in [0.15, 0.2) is 29.7 Å². The molecule has 2 aromatic heterocycles. The van der Waals surface area contributed by atoms with E-state index in [-0.39, 0.29) is 10.5 Å². The molecule has 0 aromatic carbocycles. The van der Waals surface area contributed by atoms with Gasteiger partial charge in [0.05, 0.1) is 12.4 Å². The highest BCUT2D eigenvalue weighted by atomic mass is 32.2. The third-order valence-electron chi connectivity index (χ3n) is 2.57. The minimum absolute atomic E-state index is 0.102. The minimum atomic E-state index is -3.97. The van der Waals surface area contributed by atoms with Crippen LogP contribution in [0.5, 0.6) is 0 Å². The van der Waals surface area contributed by atoms with Gasteiger partial charge in [-0.1, -0.05) is 0 Å². The van der Waals surface area contributed by atoms with Crippen LogP contribution >= 0.6 is 0 Å². The summed E-state index contributed by atoms with van der Waals surface area (Å²) in [5.74, 6) is -1.31. The van der Waals surface area contributed by atoms with Crippen molar-refractivity contribution in [3.8, 4) is 0 Å². The molecule has 2 N–H and O–H groups in total. The Hall–Kier alpha value is -2.20. The summed E-state index contributed by atoms with van der Waals surface area (Å²) in [6.07, 6.45) is 5.16. The summed E-state index contributed by atoms with van der Waals surface area (Å²) >= 11 is 0. The standard InChI is InChI=1S/C10H13N5O4S/c1-14-5-7(3-11-14)9(10(16)17)13-20(18,19)8-4-12-15(2)6-8/h3-6,9,13H,1-2H3,(H,16,17). The number of nitrogens with one attached hydrogen (secondary N) is 1. The molecule has 2 heterocycles. The molecule has 9 nitrogen and oxygen atoms in total. The molecular weight excluding hydrogens is 286 g/mol. The molecule has 0 aliphatic carbocycles. The van der Waals surface area contributed by atoms with Crippen LogP contribution in [0, 0.1) is 0 Å². The first kappa shape index (κ1) is 14.2. The Kier molecular flexibility index (Phi) is 3.59. The van der Waals surface area contributed by atoms with Crippen molar-refractivity contribution in [2.45, 2.75) is 10.9 Å². The molecule has 0 fully saturated rings. The second-order valence-corrected chi connectivity index (χ2v) is 5.90. The van der Waals surface area contributed by atoms with Crippen LogP contribution < -0.4 is 4.72 Å². The maximum atomic E-state index is 12.1. The number of aliphatic carboxylic acids is 1. The highest BCUT2D eigenvalue weighted by Gasteiger charge is 2.28. The number of hydrogen-bond acceptors (Lipinski definition) is 5. The highest BCUT2D eigenvalue weighted by Crippen LogP contribution is 2.16. The monoisotopic (exact) mass is 299 g/mol. The van der Waals surface area contributed by atoms with Crippen LogP contribution in [0.1, 0.15) is 11.6 Å². The van der Waals surface area contributed by atoms with Crippen LogP contribution in [0.4, 0.5) is 0 Å². The highest BCUT2D eigenvalue weighted by molar-refractivity contribution is 7.89. The lowest BCUT2D eigenvalue weighted by Gasteiger charge is -2.12.